The van der Waals surface area contributed by atoms with Crippen LogP contribution in [-0.2, 0) is 11.3 Å². The van der Waals surface area contributed by atoms with Crippen molar-refractivity contribution >= 4 is 17.7 Å². The van der Waals surface area contributed by atoms with Gasteiger partial charge in [0.15, 0.2) is 0 Å². The van der Waals surface area contributed by atoms with E-state index in [1.165, 1.54) is 22.6 Å². The Labute approximate surface area is 141 Å². The first-order valence-corrected chi connectivity index (χ1v) is 8.91. The van der Waals surface area contributed by atoms with Crippen molar-refractivity contribution in [1.29, 1.82) is 0 Å². The molecule has 1 amide bonds. The second-order valence-electron chi connectivity index (χ2n) is 5.87. The van der Waals surface area contributed by atoms with Gasteiger partial charge < -0.3 is 10.6 Å². The van der Waals surface area contributed by atoms with Crippen LogP contribution in [0.4, 0.5) is 0 Å². The van der Waals surface area contributed by atoms with Crippen LogP contribution in [-0.4, -0.2) is 19.0 Å². The average molecular weight is 326 g/mol. The molecule has 120 valence electrons. The van der Waals surface area contributed by atoms with E-state index in [-0.39, 0.29) is 5.91 Å². The van der Waals surface area contributed by atoms with Gasteiger partial charge in [0.1, 0.15) is 0 Å². The highest BCUT2D eigenvalue weighted by molar-refractivity contribution is 7.99. The molecule has 0 atom stereocenters. The summed E-state index contributed by atoms with van der Waals surface area (Å²) in [7, 11) is 0. The standard InChI is InChI=1S/C19H22N2OS/c22-19(14-20-12-15-10-11-15)21-13-16-6-4-5-9-18(16)23-17-7-2-1-3-8-17/h1-9,15,20H,10-14H2,(H,21,22). The summed E-state index contributed by atoms with van der Waals surface area (Å²) < 4.78 is 0. The van der Waals surface area contributed by atoms with E-state index in [1.807, 2.05) is 30.3 Å². The number of benzene rings is 2. The first-order valence-electron chi connectivity index (χ1n) is 8.09. The molecule has 0 unspecified atom stereocenters. The van der Waals surface area contributed by atoms with Gasteiger partial charge in [0.2, 0.25) is 5.91 Å². The number of amides is 1. The highest BCUT2D eigenvalue weighted by atomic mass is 32.2. The van der Waals surface area contributed by atoms with Crippen LogP contribution in [0.3, 0.4) is 0 Å². The highest BCUT2D eigenvalue weighted by Gasteiger charge is 2.20. The number of nitrogens with one attached hydrogen (secondary N) is 2. The summed E-state index contributed by atoms with van der Waals surface area (Å²) in [4.78, 5) is 14.3. The normalized spacial score (nSPS) is 13.7. The van der Waals surface area contributed by atoms with Gasteiger partial charge in [-0.1, -0.05) is 48.2 Å². The molecule has 0 spiro atoms. The second kappa shape index (κ2) is 8.18. The van der Waals surface area contributed by atoms with Crippen molar-refractivity contribution in [2.75, 3.05) is 13.1 Å². The molecule has 1 saturated carbocycles. The van der Waals surface area contributed by atoms with Gasteiger partial charge in [0.25, 0.3) is 0 Å². The first-order chi connectivity index (χ1) is 11.3. The minimum Gasteiger partial charge on any atom is -0.351 e. The molecular weight excluding hydrogens is 304 g/mol. The zero-order valence-corrected chi connectivity index (χ0v) is 13.9. The minimum absolute atomic E-state index is 0.0603. The molecule has 1 aliphatic carbocycles. The molecule has 0 heterocycles. The van der Waals surface area contributed by atoms with Crippen LogP contribution < -0.4 is 10.6 Å². The molecule has 3 nitrogen and oxygen atoms in total. The molecule has 2 N–H and O–H groups in total. The summed E-state index contributed by atoms with van der Waals surface area (Å²) >= 11 is 1.73. The van der Waals surface area contributed by atoms with Crippen LogP contribution in [0, 0.1) is 5.92 Å². The van der Waals surface area contributed by atoms with Gasteiger partial charge in [-0.3, -0.25) is 4.79 Å². The fraction of sp³-hybridized carbons (Fsp3) is 0.316. The van der Waals surface area contributed by atoms with E-state index in [0.717, 1.165) is 18.0 Å². The highest BCUT2D eigenvalue weighted by Crippen LogP contribution is 2.30. The third kappa shape index (κ3) is 5.41. The maximum atomic E-state index is 11.9. The van der Waals surface area contributed by atoms with Gasteiger partial charge >= 0.3 is 0 Å². The number of rotatable bonds is 8. The average Bonchev–Trinajstić information content (AvgIpc) is 3.39. The molecule has 3 rings (SSSR count). The van der Waals surface area contributed by atoms with E-state index in [9.17, 15) is 4.79 Å². The smallest absolute Gasteiger partial charge is 0.234 e. The molecule has 23 heavy (non-hydrogen) atoms. The van der Waals surface area contributed by atoms with Crippen LogP contribution in [0.2, 0.25) is 0 Å². The predicted molar refractivity (Wildman–Crippen MR) is 94.4 cm³/mol. The topological polar surface area (TPSA) is 41.1 Å². The van der Waals surface area contributed by atoms with Gasteiger partial charge in [-0.25, -0.2) is 0 Å². The van der Waals surface area contributed by atoms with Crippen LogP contribution in [0.25, 0.3) is 0 Å². The van der Waals surface area contributed by atoms with Gasteiger partial charge in [-0.2, -0.15) is 0 Å². The molecule has 0 aliphatic heterocycles. The molecule has 1 aliphatic rings. The fourth-order valence-corrected chi connectivity index (χ4v) is 3.30. The zero-order valence-electron chi connectivity index (χ0n) is 13.1. The monoisotopic (exact) mass is 326 g/mol. The quantitative estimate of drug-likeness (QED) is 0.780. The Morgan fingerprint density at radius 3 is 2.57 bits per heavy atom. The lowest BCUT2D eigenvalue weighted by Crippen LogP contribution is -2.34. The maximum absolute atomic E-state index is 11.9. The van der Waals surface area contributed by atoms with E-state index in [0.29, 0.717) is 13.1 Å². The molecule has 0 aromatic heterocycles. The Morgan fingerprint density at radius 1 is 1.04 bits per heavy atom. The van der Waals surface area contributed by atoms with Crippen molar-refractivity contribution in [3.63, 3.8) is 0 Å². The molecule has 1 fully saturated rings. The molecule has 2 aromatic rings. The lowest BCUT2D eigenvalue weighted by Gasteiger charge is -2.11. The Bertz CT molecular complexity index is 641. The van der Waals surface area contributed by atoms with Crippen LogP contribution >= 0.6 is 11.8 Å². The lowest BCUT2D eigenvalue weighted by atomic mass is 10.2. The molecule has 0 bridgehead atoms. The fourth-order valence-electron chi connectivity index (χ4n) is 2.33. The first kappa shape index (κ1) is 16.1. The van der Waals surface area contributed by atoms with E-state index < -0.39 is 0 Å². The summed E-state index contributed by atoms with van der Waals surface area (Å²) in [5.41, 5.74) is 1.15. The third-order valence-corrected chi connectivity index (χ3v) is 4.96. The Balaban J connectivity index is 1.51. The SMILES string of the molecule is O=C(CNCC1CC1)NCc1ccccc1Sc1ccccc1. The molecule has 0 saturated heterocycles. The van der Waals surface area contributed by atoms with E-state index in [2.05, 4.69) is 34.9 Å². The number of hydrogen-bond acceptors (Lipinski definition) is 3. The predicted octanol–water partition coefficient (Wildman–Crippen LogP) is 3.45. The molecule has 0 radical (unpaired) electrons. The Morgan fingerprint density at radius 2 is 1.78 bits per heavy atom. The summed E-state index contributed by atoms with van der Waals surface area (Å²) in [6.07, 6.45) is 2.61. The van der Waals surface area contributed by atoms with Gasteiger partial charge in [0, 0.05) is 16.3 Å². The second-order valence-corrected chi connectivity index (χ2v) is 6.99. The van der Waals surface area contributed by atoms with Crippen molar-refractivity contribution in [3.8, 4) is 0 Å². The zero-order chi connectivity index (χ0) is 15.9. The number of hydrogen-bond donors (Lipinski definition) is 2. The van der Waals surface area contributed by atoms with Crippen molar-refractivity contribution in [1.82, 2.24) is 10.6 Å². The van der Waals surface area contributed by atoms with Gasteiger partial charge in [0.05, 0.1) is 6.54 Å². The van der Waals surface area contributed by atoms with Crippen LogP contribution in [0.5, 0.6) is 0 Å². The van der Waals surface area contributed by atoms with Crippen molar-refractivity contribution in [2.45, 2.75) is 29.2 Å². The summed E-state index contributed by atoms with van der Waals surface area (Å²) in [6, 6.07) is 18.5. The lowest BCUT2D eigenvalue weighted by molar-refractivity contribution is -0.120. The maximum Gasteiger partial charge on any atom is 0.234 e. The van der Waals surface area contributed by atoms with Crippen molar-refractivity contribution in [2.24, 2.45) is 5.92 Å². The molecular formula is C19H22N2OS. The third-order valence-electron chi connectivity index (χ3n) is 3.84. The summed E-state index contributed by atoms with van der Waals surface area (Å²) in [5, 5.41) is 6.23. The van der Waals surface area contributed by atoms with Crippen molar-refractivity contribution in [3.05, 3.63) is 60.2 Å². The Kier molecular flexibility index (Phi) is 5.72. The van der Waals surface area contributed by atoms with Gasteiger partial charge in [-0.05, 0) is 49.1 Å². The van der Waals surface area contributed by atoms with Crippen LogP contribution in [0.15, 0.2) is 64.4 Å². The largest absolute Gasteiger partial charge is 0.351 e. The van der Waals surface area contributed by atoms with Gasteiger partial charge in [-0.15, -0.1) is 0 Å². The minimum atomic E-state index is 0.0603. The molecule has 2 aromatic carbocycles. The number of carbonyl (C=O) groups is 1. The summed E-state index contributed by atoms with van der Waals surface area (Å²) in [6.45, 7) is 1.94. The summed E-state index contributed by atoms with van der Waals surface area (Å²) in [5.74, 6) is 0.857. The van der Waals surface area contributed by atoms with E-state index in [1.54, 1.807) is 11.8 Å². The van der Waals surface area contributed by atoms with Crippen LogP contribution in [0.1, 0.15) is 18.4 Å². The van der Waals surface area contributed by atoms with Crippen molar-refractivity contribution < 1.29 is 4.79 Å². The number of carbonyl (C=O) groups excluding carboxylic acids is 1. The molecule has 4 heteroatoms. The van der Waals surface area contributed by atoms with E-state index in [4.69, 9.17) is 0 Å². The van der Waals surface area contributed by atoms with E-state index >= 15 is 0 Å². The Hall–Kier alpha value is -1.78.